The fraction of sp³-hybridized carbons (Fsp3) is 0.500. The van der Waals surface area contributed by atoms with Crippen LogP contribution < -0.4 is 0 Å². The molecule has 1 aromatic carbocycles. The molecule has 0 spiro atoms. The summed E-state index contributed by atoms with van der Waals surface area (Å²) in [5.41, 5.74) is 1.94. The molecule has 1 N–H and O–H groups in total. The minimum atomic E-state index is -3.41. The Labute approximate surface area is 136 Å². The highest BCUT2D eigenvalue weighted by Crippen LogP contribution is 2.21. The summed E-state index contributed by atoms with van der Waals surface area (Å²) in [6.45, 7) is 4.31. The van der Waals surface area contributed by atoms with Gasteiger partial charge in [0, 0.05) is 13.1 Å². The van der Waals surface area contributed by atoms with Gasteiger partial charge in [-0.2, -0.15) is 0 Å². The number of fused-ring (bicyclic) bond motifs is 1. The van der Waals surface area contributed by atoms with Crippen LogP contribution in [0.3, 0.4) is 0 Å². The van der Waals surface area contributed by atoms with Crippen LogP contribution in [0.1, 0.15) is 35.3 Å². The van der Waals surface area contributed by atoms with Gasteiger partial charge in [-0.05, 0) is 35.6 Å². The van der Waals surface area contributed by atoms with Crippen LogP contribution in [0.25, 0.3) is 0 Å². The van der Waals surface area contributed by atoms with Crippen molar-refractivity contribution in [2.24, 2.45) is 5.92 Å². The van der Waals surface area contributed by atoms with E-state index in [2.05, 4.69) is 0 Å². The van der Waals surface area contributed by atoms with Crippen molar-refractivity contribution in [2.75, 3.05) is 18.1 Å². The molecule has 7 heteroatoms. The molecule has 0 atom stereocenters. The molecule has 0 saturated heterocycles. The molecule has 0 saturated carbocycles. The van der Waals surface area contributed by atoms with Crippen molar-refractivity contribution in [3.63, 3.8) is 0 Å². The van der Waals surface area contributed by atoms with Crippen molar-refractivity contribution in [3.05, 3.63) is 34.9 Å². The van der Waals surface area contributed by atoms with E-state index in [4.69, 9.17) is 5.11 Å². The molecular formula is C16H21NO5S. The third kappa shape index (κ3) is 4.54. The molecule has 1 amide bonds. The molecule has 0 unspecified atom stereocenters. The number of rotatable bonds is 5. The quantitative estimate of drug-likeness (QED) is 0.874. The summed E-state index contributed by atoms with van der Waals surface area (Å²) >= 11 is 0. The number of sulfone groups is 1. The molecule has 0 aliphatic carbocycles. The molecule has 6 nitrogen and oxygen atoms in total. The Balaban J connectivity index is 2.11. The zero-order chi connectivity index (χ0) is 17.2. The van der Waals surface area contributed by atoms with E-state index in [0.717, 1.165) is 11.1 Å². The normalized spacial score (nSPS) is 14.7. The number of nitrogens with zero attached hydrogens (tertiary/aromatic N) is 1. The molecule has 0 bridgehead atoms. The van der Waals surface area contributed by atoms with Gasteiger partial charge >= 0.3 is 5.97 Å². The lowest BCUT2D eigenvalue weighted by atomic mass is 9.97. The molecule has 1 aliphatic rings. The van der Waals surface area contributed by atoms with Crippen molar-refractivity contribution < 1.29 is 23.1 Å². The zero-order valence-corrected chi connectivity index (χ0v) is 14.1. The van der Waals surface area contributed by atoms with Gasteiger partial charge in [0.15, 0.2) is 9.84 Å². The first-order chi connectivity index (χ1) is 10.7. The Hall–Kier alpha value is -1.89. The molecule has 23 heavy (non-hydrogen) atoms. The number of carbonyl (C=O) groups is 2. The monoisotopic (exact) mass is 339 g/mol. The summed E-state index contributed by atoms with van der Waals surface area (Å²) in [5, 5.41) is 9.04. The highest BCUT2D eigenvalue weighted by molar-refractivity contribution is 7.92. The Morgan fingerprint density at radius 1 is 1.26 bits per heavy atom. The van der Waals surface area contributed by atoms with Crippen molar-refractivity contribution in [1.29, 1.82) is 0 Å². The van der Waals surface area contributed by atoms with Crippen LogP contribution in [-0.4, -0.2) is 48.4 Å². The van der Waals surface area contributed by atoms with Gasteiger partial charge in [0.25, 0.3) is 0 Å². The molecular weight excluding hydrogens is 318 g/mol. The smallest absolute Gasteiger partial charge is 0.335 e. The maximum atomic E-state index is 12.3. The second kappa shape index (κ2) is 6.70. The summed E-state index contributed by atoms with van der Waals surface area (Å²) in [7, 11) is -3.41. The van der Waals surface area contributed by atoms with Gasteiger partial charge in [-0.15, -0.1) is 0 Å². The van der Waals surface area contributed by atoms with E-state index in [1.54, 1.807) is 32.0 Å². The predicted molar refractivity (Wildman–Crippen MR) is 86.0 cm³/mol. The van der Waals surface area contributed by atoms with Crippen LogP contribution in [-0.2, 0) is 27.6 Å². The first-order valence-electron chi connectivity index (χ1n) is 7.51. The third-order valence-corrected chi connectivity index (χ3v) is 5.61. The number of amides is 1. The summed E-state index contributed by atoms with van der Waals surface area (Å²) in [6.07, 6.45) is 0.602. The number of hydrogen-bond donors (Lipinski definition) is 1. The van der Waals surface area contributed by atoms with Crippen LogP contribution in [0.15, 0.2) is 18.2 Å². The average molecular weight is 339 g/mol. The van der Waals surface area contributed by atoms with E-state index < -0.39 is 27.5 Å². The Kier molecular flexibility index (Phi) is 5.09. The number of hydrogen-bond acceptors (Lipinski definition) is 4. The first kappa shape index (κ1) is 17.5. The van der Waals surface area contributed by atoms with Crippen molar-refractivity contribution in [3.8, 4) is 0 Å². The Morgan fingerprint density at radius 3 is 2.57 bits per heavy atom. The van der Waals surface area contributed by atoms with Gasteiger partial charge in [0.05, 0.1) is 11.3 Å². The van der Waals surface area contributed by atoms with Crippen LogP contribution in [0.2, 0.25) is 0 Å². The van der Waals surface area contributed by atoms with Gasteiger partial charge in [0.1, 0.15) is 5.75 Å². The van der Waals surface area contributed by atoms with Gasteiger partial charge in [-0.3, -0.25) is 4.79 Å². The molecule has 1 aromatic rings. The summed E-state index contributed by atoms with van der Waals surface area (Å²) in [4.78, 5) is 24.8. The van der Waals surface area contributed by atoms with Crippen LogP contribution >= 0.6 is 0 Å². The number of carboxylic acids is 1. The zero-order valence-electron chi connectivity index (χ0n) is 13.3. The Morgan fingerprint density at radius 2 is 1.96 bits per heavy atom. The number of carbonyl (C=O) groups excluding carboxylic acids is 1. The number of carboxylic acid groups (broad SMARTS) is 1. The van der Waals surface area contributed by atoms with Crippen LogP contribution in [0.5, 0.6) is 0 Å². The van der Waals surface area contributed by atoms with E-state index in [-0.39, 0.29) is 23.8 Å². The van der Waals surface area contributed by atoms with E-state index >= 15 is 0 Å². The third-order valence-electron chi connectivity index (χ3n) is 3.75. The van der Waals surface area contributed by atoms with E-state index in [1.807, 2.05) is 0 Å². The summed E-state index contributed by atoms with van der Waals surface area (Å²) in [5.74, 6) is -1.95. The fourth-order valence-corrected chi connectivity index (χ4v) is 4.44. The SMILES string of the molecule is CC(C)CS(=O)(=O)CC(=O)N1CCc2ccc(C(=O)O)cc2C1. The molecule has 2 rings (SSSR count). The van der Waals surface area contributed by atoms with Crippen LogP contribution in [0, 0.1) is 5.92 Å². The van der Waals surface area contributed by atoms with Crippen molar-refractivity contribution in [2.45, 2.75) is 26.8 Å². The Bertz CT molecular complexity index is 724. The summed E-state index contributed by atoms with van der Waals surface area (Å²) < 4.78 is 23.9. The van der Waals surface area contributed by atoms with Gasteiger partial charge in [-0.1, -0.05) is 19.9 Å². The highest BCUT2D eigenvalue weighted by Gasteiger charge is 2.26. The lowest BCUT2D eigenvalue weighted by molar-refractivity contribution is -0.129. The minimum Gasteiger partial charge on any atom is -0.478 e. The maximum absolute atomic E-state index is 12.3. The summed E-state index contributed by atoms with van der Waals surface area (Å²) in [6, 6.07) is 4.86. The molecule has 1 aliphatic heterocycles. The largest absolute Gasteiger partial charge is 0.478 e. The molecule has 126 valence electrons. The molecule has 1 heterocycles. The lowest BCUT2D eigenvalue weighted by Crippen LogP contribution is -2.40. The fourth-order valence-electron chi connectivity index (χ4n) is 2.75. The van der Waals surface area contributed by atoms with E-state index in [9.17, 15) is 18.0 Å². The van der Waals surface area contributed by atoms with Crippen molar-refractivity contribution >= 4 is 21.7 Å². The average Bonchev–Trinajstić information content (AvgIpc) is 2.43. The second-order valence-corrected chi connectivity index (χ2v) is 8.41. The number of aromatic carboxylic acids is 1. The lowest BCUT2D eigenvalue weighted by Gasteiger charge is -2.29. The standard InChI is InChI=1S/C16H21NO5S/c1-11(2)9-23(21,22)10-15(18)17-6-5-12-3-4-13(16(19)20)7-14(12)8-17/h3-4,7,11H,5-6,8-10H2,1-2H3,(H,19,20). The van der Waals surface area contributed by atoms with Gasteiger partial charge < -0.3 is 10.0 Å². The maximum Gasteiger partial charge on any atom is 0.335 e. The predicted octanol–water partition coefficient (Wildman–Crippen LogP) is 1.34. The second-order valence-electron chi connectivity index (χ2n) is 6.30. The van der Waals surface area contributed by atoms with Crippen LogP contribution in [0.4, 0.5) is 0 Å². The number of benzene rings is 1. The molecule has 0 radical (unpaired) electrons. The first-order valence-corrected chi connectivity index (χ1v) is 9.33. The van der Waals surface area contributed by atoms with Gasteiger partial charge in [-0.25, -0.2) is 13.2 Å². The molecule has 0 fully saturated rings. The topological polar surface area (TPSA) is 91.8 Å². The van der Waals surface area contributed by atoms with E-state index in [0.29, 0.717) is 13.0 Å². The molecule has 0 aromatic heterocycles. The minimum absolute atomic E-state index is 0.00761. The van der Waals surface area contributed by atoms with E-state index in [1.165, 1.54) is 4.90 Å². The van der Waals surface area contributed by atoms with Crippen molar-refractivity contribution in [1.82, 2.24) is 4.90 Å². The highest BCUT2D eigenvalue weighted by atomic mass is 32.2. The van der Waals surface area contributed by atoms with Gasteiger partial charge in [0.2, 0.25) is 5.91 Å².